The van der Waals surface area contributed by atoms with Crippen molar-refractivity contribution in [2.75, 3.05) is 24.7 Å². The zero-order chi connectivity index (χ0) is 15.7. The molecule has 1 aliphatic heterocycles. The fourth-order valence-electron chi connectivity index (χ4n) is 2.28. The van der Waals surface area contributed by atoms with Gasteiger partial charge in [-0.15, -0.1) is 11.3 Å². The van der Waals surface area contributed by atoms with Gasteiger partial charge in [-0.3, -0.25) is 14.5 Å². The molecule has 0 saturated carbocycles. The number of nitrogens with zero attached hydrogens (tertiary/aromatic N) is 3. The van der Waals surface area contributed by atoms with Gasteiger partial charge >= 0.3 is 0 Å². The van der Waals surface area contributed by atoms with Gasteiger partial charge < -0.3 is 4.90 Å². The smallest absolute Gasteiger partial charge is 0.268 e. The number of likely N-dealkylation sites (N-methyl/N-ethyl adjacent to an activating group) is 1. The summed E-state index contributed by atoms with van der Waals surface area (Å²) < 4.78 is 0.791. The van der Waals surface area contributed by atoms with E-state index in [4.69, 9.17) is 0 Å². The molecule has 0 spiro atoms. The minimum atomic E-state index is -0.142. The quantitative estimate of drug-likeness (QED) is 0.810. The number of thioether (sulfide) groups is 1. The second kappa shape index (κ2) is 6.10. The number of rotatable bonds is 3. The summed E-state index contributed by atoms with van der Waals surface area (Å²) >= 11 is 2.82. The number of carbonyl (C=O) groups excluding carboxylic acids is 2. The molecule has 0 N–H and O–H groups in total. The average molecular weight is 333 g/mol. The number of thiazole rings is 1. The second-order valence-corrected chi connectivity index (χ2v) is 7.02. The highest BCUT2D eigenvalue weighted by Gasteiger charge is 2.33. The number of aromatic nitrogens is 1. The Labute approximate surface area is 136 Å². The van der Waals surface area contributed by atoms with E-state index in [1.165, 1.54) is 28.0 Å². The van der Waals surface area contributed by atoms with Gasteiger partial charge in [-0.2, -0.15) is 0 Å². The van der Waals surface area contributed by atoms with Crippen molar-refractivity contribution < 1.29 is 9.59 Å². The molecule has 1 aromatic carbocycles. The molecule has 114 valence electrons. The normalized spacial score (nSPS) is 15.0. The first kappa shape index (κ1) is 15.1. The molecule has 22 heavy (non-hydrogen) atoms. The average Bonchev–Trinajstić information content (AvgIpc) is 2.93. The summed E-state index contributed by atoms with van der Waals surface area (Å²) in [5, 5.41) is 0. The highest BCUT2D eigenvalue weighted by atomic mass is 32.2. The molecule has 7 heteroatoms. The van der Waals surface area contributed by atoms with Crippen LogP contribution < -0.4 is 4.90 Å². The van der Waals surface area contributed by atoms with E-state index in [0.717, 1.165) is 9.90 Å². The lowest BCUT2D eigenvalue weighted by Gasteiger charge is -2.20. The largest absolute Gasteiger partial charge is 0.332 e. The SMILES string of the molecule is CSc1nc2c(s1)C(=O)N(C)CC(=O)N2Cc1ccccc1. The van der Waals surface area contributed by atoms with Crippen molar-refractivity contribution in [1.29, 1.82) is 0 Å². The predicted molar refractivity (Wildman–Crippen MR) is 88.5 cm³/mol. The zero-order valence-corrected chi connectivity index (χ0v) is 13.9. The highest BCUT2D eigenvalue weighted by Crippen LogP contribution is 2.34. The van der Waals surface area contributed by atoms with E-state index >= 15 is 0 Å². The first-order chi connectivity index (χ1) is 10.6. The molecule has 0 aliphatic carbocycles. The Kier molecular flexibility index (Phi) is 4.17. The Hall–Kier alpha value is -1.86. The molecule has 1 aliphatic rings. The molecule has 0 saturated heterocycles. The van der Waals surface area contributed by atoms with Crippen molar-refractivity contribution in [3.05, 3.63) is 40.8 Å². The molecule has 0 radical (unpaired) electrons. The Morgan fingerprint density at radius 2 is 2.00 bits per heavy atom. The lowest BCUT2D eigenvalue weighted by Crippen LogP contribution is -2.37. The van der Waals surface area contributed by atoms with Crippen LogP contribution in [0.3, 0.4) is 0 Å². The van der Waals surface area contributed by atoms with Gasteiger partial charge in [0.05, 0.1) is 6.54 Å². The van der Waals surface area contributed by atoms with Gasteiger partial charge in [-0.1, -0.05) is 42.1 Å². The maximum Gasteiger partial charge on any atom is 0.268 e. The van der Waals surface area contributed by atoms with E-state index in [9.17, 15) is 9.59 Å². The summed E-state index contributed by atoms with van der Waals surface area (Å²) in [5.41, 5.74) is 1.01. The first-order valence-corrected chi connectivity index (χ1v) is 8.79. The lowest BCUT2D eigenvalue weighted by atomic mass is 10.2. The van der Waals surface area contributed by atoms with Crippen LogP contribution in [0.25, 0.3) is 0 Å². The molecular formula is C15H15N3O2S2. The maximum absolute atomic E-state index is 12.5. The van der Waals surface area contributed by atoms with Crippen LogP contribution in [0.2, 0.25) is 0 Å². The number of hydrogen-bond donors (Lipinski definition) is 0. The topological polar surface area (TPSA) is 53.5 Å². The third kappa shape index (κ3) is 2.74. The Bertz CT molecular complexity index is 715. The van der Waals surface area contributed by atoms with Crippen molar-refractivity contribution in [3.63, 3.8) is 0 Å². The van der Waals surface area contributed by atoms with Gasteiger partial charge in [0, 0.05) is 7.05 Å². The Morgan fingerprint density at radius 1 is 1.27 bits per heavy atom. The number of hydrogen-bond acceptors (Lipinski definition) is 5. The van der Waals surface area contributed by atoms with E-state index in [1.807, 2.05) is 36.6 Å². The van der Waals surface area contributed by atoms with Gasteiger partial charge in [0.1, 0.15) is 11.4 Å². The van der Waals surface area contributed by atoms with Crippen LogP contribution in [0.15, 0.2) is 34.7 Å². The van der Waals surface area contributed by atoms with Crippen LogP contribution in [0.4, 0.5) is 5.82 Å². The Morgan fingerprint density at radius 3 is 2.68 bits per heavy atom. The number of fused-ring (bicyclic) bond motifs is 1. The van der Waals surface area contributed by atoms with Gasteiger partial charge in [0.15, 0.2) is 10.2 Å². The van der Waals surface area contributed by atoms with E-state index in [1.54, 1.807) is 11.9 Å². The molecule has 0 fully saturated rings. The molecule has 0 atom stereocenters. The zero-order valence-electron chi connectivity index (χ0n) is 12.3. The summed E-state index contributed by atoms with van der Waals surface area (Å²) in [6.45, 7) is 0.495. The Balaban J connectivity index is 2.04. The molecule has 1 aromatic heterocycles. The maximum atomic E-state index is 12.5. The predicted octanol–water partition coefficient (Wildman–Crippen LogP) is 2.48. The molecule has 0 bridgehead atoms. The van der Waals surface area contributed by atoms with Crippen LogP contribution in [-0.4, -0.2) is 41.5 Å². The molecule has 5 nitrogen and oxygen atoms in total. The molecule has 2 amide bonds. The number of benzene rings is 1. The van der Waals surface area contributed by atoms with Gasteiger partial charge in [0.25, 0.3) is 5.91 Å². The first-order valence-electron chi connectivity index (χ1n) is 6.74. The monoisotopic (exact) mass is 333 g/mol. The van der Waals surface area contributed by atoms with Gasteiger partial charge in [-0.05, 0) is 11.8 Å². The number of carbonyl (C=O) groups is 2. The number of anilines is 1. The minimum Gasteiger partial charge on any atom is -0.332 e. The van der Waals surface area contributed by atoms with Crippen LogP contribution in [0, 0.1) is 0 Å². The highest BCUT2D eigenvalue weighted by molar-refractivity contribution is 8.00. The third-order valence-electron chi connectivity index (χ3n) is 3.42. The van der Waals surface area contributed by atoms with E-state index in [0.29, 0.717) is 17.2 Å². The van der Waals surface area contributed by atoms with E-state index in [-0.39, 0.29) is 18.4 Å². The van der Waals surface area contributed by atoms with E-state index < -0.39 is 0 Å². The summed E-state index contributed by atoms with van der Waals surface area (Å²) in [5.74, 6) is 0.227. The van der Waals surface area contributed by atoms with Crippen molar-refractivity contribution in [2.24, 2.45) is 0 Å². The van der Waals surface area contributed by atoms with Crippen molar-refractivity contribution >= 4 is 40.7 Å². The van der Waals surface area contributed by atoms with Gasteiger partial charge in [-0.25, -0.2) is 4.98 Å². The van der Waals surface area contributed by atoms with Crippen LogP contribution in [0.1, 0.15) is 15.2 Å². The fraction of sp³-hybridized carbons (Fsp3) is 0.267. The van der Waals surface area contributed by atoms with Crippen LogP contribution >= 0.6 is 23.1 Å². The second-order valence-electron chi connectivity index (χ2n) is 4.96. The number of amides is 2. The van der Waals surface area contributed by atoms with Crippen molar-refractivity contribution in [1.82, 2.24) is 9.88 Å². The molecular weight excluding hydrogens is 318 g/mol. The summed E-state index contributed by atoms with van der Waals surface area (Å²) in [7, 11) is 1.65. The standard InChI is InChI=1S/C15H15N3O2S2/c1-17-9-11(19)18(8-10-6-4-3-5-7-10)13-12(14(17)20)22-15(16-13)21-2/h3-7H,8-9H2,1-2H3. The van der Waals surface area contributed by atoms with Crippen molar-refractivity contribution in [2.45, 2.75) is 10.9 Å². The van der Waals surface area contributed by atoms with E-state index in [2.05, 4.69) is 4.98 Å². The summed E-state index contributed by atoms with van der Waals surface area (Å²) in [6, 6.07) is 9.73. The summed E-state index contributed by atoms with van der Waals surface area (Å²) in [4.78, 5) is 33.0. The lowest BCUT2D eigenvalue weighted by molar-refractivity contribution is -0.119. The third-order valence-corrected chi connectivity index (χ3v) is 5.44. The molecule has 2 aromatic rings. The molecule has 3 rings (SSSR count). The molecule has 2 heterocycles. The fourth-order valence-corrected chi connectivity index (χ4v) is 3.84. The van der Waals surface area contributed by atoms with Crippen LogP contribution in [0.5, 0.6) is 0 Å². The molecule has 0 unspecified atom stereocenters. The van der Waals surface area contributed by atoms with Crippen LogP contribution in [-0.2, 0) is 11.3 Å². The minimum absolute atomic E-state index is 0.0728. The van der Waals surface area contributed by atoms with Crippen molar-refractivity contribution in [3.8, 4) is 0 Å². The summed E-state index contributed by atoms with van der Waals surface area (Å²) in [6.07, 6.45) is 1.91. The van der Waals surface area contributed by atoms with Gasteiger partial charge in [0.2, 0.25) is 5.91 Å².